The number of hydrogen-bond acceptors (Lipinski definition) is 5. The van der Waals surface area contributed by atoms with E-state index >= 15 is 0 Å². The van der Waals surface area contributed by atoms with Gasteiger partial charge < -0.3 is 19.8 Å². The number of methoxy groups -OCH3 is 1. The summed E-state index contributed by atoms with van der Waals surface area (Å²) in [6.45, 7) is 1.61. The number of nitrogens with one attached hydrogen (secondary N) is 2. The van der Waals surface area contributed by atoms with Crippen LogP contribution in [-0.2, 0) is 4.74 Å². The van der Waals surface area contributed by atoms with E-state index < -0.39 is 0 Å². The molecule has 1 fully saturated rings. The number of rotatable bonds is 7. The SMILES string of the molecule is COCCN[C@H]1CC[C@H](NC(=O)c2ccc(-c3nccc4occc34)cc2)CC1. The predicted octanol–water partition coefficient (Wildman–Crippen LogP) is 3.77. The predicted molar refractivity (Wildman–Crippen MR) is 113 cm³/mol. The highest BCUT2D eigenvalue weighted by Crippen LogP contribution is 2.27. The van der Waals surface area contributed by atoms with E-state index in [1.165, 1.54) is 0 Å². The Morgan fingerprint density at radius 1 is 1.10 bits per heavy atom. The number of carbonyl (C=O) groups excluding carboxylic acids is 1. The van der Waals surface area contributed by atoms with Gasteiger partial charge in [-0.3, -0.25) is 9.78 Å². The van der Waals surface area contributed by atoms with Gasteiger partial charge in [0.2, 0.25) is 0 Å². The third kappa shape index (κ3) is 4.66. The first-order valence-electron chi connectivity index (χ1n) is 10.2. The molecule has 1 amide bonds. The lowest BCUT2D eigenvalue weighted by Gasteiger charge is -2.29. The fraction of sp³-hybridized carbons (Fsp3) is 0.391. The van der Waals surface area contributed by atoms with E-state index in [0.29, 0.717) is 11.6 Å². The lowest BCUT2D eigenvalue weighted by atomic mass is 9.91. The molecule has 1 aromatic carbocycles. The Labute approximate surface area is 170 Å². The van der Waals surface area contributed by atoms with Gasteiger partial charge in [-0.2, -0.15) is 0 Å². The fourth-order valence-corrected chi connectivity index (χ4v) is 3.98. The number of furan rings is 1. The quantitative estimate of drug-likeness (QED) is 0.598. The standard InChI is InChI=1S/C23H27N3O3/c1-28-15-13-24-18-6-8-19(9-7-18)26-23(27)17-4-2-16(3-5-17)22-20-11-14-29-21(20)10-12-25-22/h2-5,10-12,14,18-19,24H,6-9,13,15H2,1H3,(H,26,27)/t18-,19-. The molecule has 1 aliphatic carbocycles. The number of carbonyl (C=O) groups is 1. The Balaban J connectivity index is 1.34. The maximum absolute atomic E-state index is 12.7. The molecule has 6 nitrogen and oxygen atoms in total. The molecule has 0 unspecified atom stereocenters. The summed E-state index contributed by atoms with van der Waals surface area (Å²) in [5.41, 5.74) is 3.32. The summed E-state index contributed by atoms with van der Waals surface area (Å²) in [4.78, 5) is 17.1. The van der Waals surface area contributed by atoms with E-state index in [-0.39, 0.29) is 11.9 Å². The number of amides is 1. The van der Waals surface area contributed by atoms with Gasteiger partial charge in [-0.15, -0.1) is 0 Å². The summed E-state index contributed by atoms with van der Waals surface area (Å²) in [6, 6.07) is 12.1. The Morgan fingerprint density at radius 2 is 1.86 bits per heavy atom. The van der Waals surface area contributed by atoms with Crippen LogP contribution in [0.3, 0.4) is 0 Å². The highest BCUT2D eigenvalue weighted by atomic mass is 16.5. The van der Waals surface area contributed by atoms with E-state index in [1.54, 1.807) is 19.6 Å². The monoisotopic (exact) mass is 393 g/mol. The van der Waals surface area contributed by atoms with Gasteiger partial charge >= 0.3 is 0 Å². The summed E-state index contributed by atoms with van der Waals surface area (Å²) < 4.78 is 10.5. The van der Waals surface area contributed by atoms with Crippen molar-refractivity contribution in [3.05, 3.63) is 54.4 Å². The molecule has 2 heterocycles. The zero-order valence-electron chi connectivity index (χ0n) is 16.7. The normalized spacial score (nSPS) is 19.3. The van der Waals surface area contributed by atoms with Gasteiger partial charge in [-0.1, -0.05) is 12.1 Å². The number of pyridine rings is 1. The lowest BCUT2D eigenvalue weighted by Crippen LogP contribution is -2.42. The van der Waals surface area contributed by atoms with Crippen LogP contribution in [0.5, 0.6) is 0 Å². The van der Waals surface area contributed by atoms with Gasteiger partial charge in [0.15, 0.2) is 0 Å². The molecule has 0 saturated heterocycles. The summed E-state index contributed by atoms with van der Waals surface area (Å²) in [6.07, 6.45) is 7.56. The Bertz CT molecular complexity index is 943. The van der Waals surface area contributed by atoms with Crippen molar-refractivity contribution in [2.45, 2.75) is 37.8 Å². The van der Waals surface area contributed by atoms with E-state index in [4.69, 9.17) is 9.15 Å². The average Bonchev–Trinajstić information content (AvgIpc) is 3.24. The van der Waals surface area contributed by atoms with Crippen molar-refractivity contribution in [1.82, 2.24) is 15.6 Å². The third-order valence-corrected chi connectivity index (χ3v) is 5.60. The zero-order chi connectivity index (χ0) is 20.1. The second kappa shape index (κ2) is 9.20. The molecular weight excluding hydrogens is 366 g/mol. The summed E-state index contributed by atoms with van der Waals surface area (Å²) in [7, 11) is 1.72. The highest BCUT2D eigenvalue weighted by Gasteiger charge is 2.22. The van der Waals surface area contributed by atoms with Crippen LogP contribution in [0.1, 0.15) is 36.0 Å². The first-order valence-corrected chi connectivity index (χ1v) is 10.2. The number of ether oxygens (including phenoxy) is 1. The van der Waals surface area contributed by atoms with Crippen LogP contribution >= 0.6 is 0 Å². The molecule has 0 atom stereocenters. The van der Waals surface area contributed by atoms with Crippen molar-refractivity contribution in [2.24, 2.45) is 0 Å². The first kappa shape index (κ1) is 19.6. The van der Waals surface area contributed by atoms with E-state index in [0.717, 1.165) is 61.1 Å². The van der Waals surface area contributed by atoms with Crippen molar-refractivity contribution in [1.29, 1.82) is 0 Å². The Kier molecular flexibility index (Phi) is 6.22. The zero-order valence-corrected chi connectivity index (χ0v) is 16.7. The molecular formula is C23H27N3O3. The summed E-state index contributed by atoms with van der Waals surface area (Å²) >= 11 is 0. The molecule has 4 rings (SSSR count). The smallest absolute Gasteiger partial charge is 0.251 e. The minimum atomic E-state index is -0.0122. The van der Waals surface area contributed by atoms with Crippen LogP contribution < -0.4 is 10.6 Å². The largest absolute Gasteiger partial charge is 0.464 e. The van der Waals surface area contributed by atoms with E-state index in [2.05, 4.69) is 15.6 Å². The second-order valence-electron chi connectivity index (χ2n) is 7.54. The topological polar surface area (TPSA) is 76.4 Å². The van der Waals surface area contributed by atoms with Crippen LogP contribution in [0.15, 0.2) is 53.3 Å². The van der Waals surface area contributed by atoms with Crippen LogP contribution in [0.4, 0.5) is 0 Å². The molecule has 152 valence electrons. The maximum Gasteiger partial charge on any atom is 0.251 e. The van der Waals surface area contributed by atoms with Gasteiger partial charge in [-0.25, -0.2) is 0 Å². The maximum atomic E-state index is 12.7. The van der Waals surface area contributed by atoms with Crippen LogP contribution in [0.25, 0.3) is 22.2 Å². The minimum absolute atomic E-state index is 0.0122. The van der Waals surface area contributed by atoms with E-state index in [1.807, 2.05) is 36.4 Å². The second-order valence-corrected chi connectivity index (χ2v) is 7.54. The van der Waals surface area contributed by atoms with Crippen molar-refractivity contribution in [3.8, 4) is 11.3 Å². The van der Waals surface area contributed by atoms with Crippen molar-refractivity contribution < 1.29 is 13.9 Å². The molecule has 1 aliphatic rings. The molecule has 3 aromatic rings. The average molecular weight is 393 g/mol. The molecule has 6 heteroatoms. The number of aromatic nitrogens is 1. The molecule has 0 bridgehead atoms. The van der Waals surface area contributed by atoms with Crippen molar-refractivity contribution in [2.75, 3.05) is 20.3 Å². The van der Waals surface area contributed by atoms with Gasteiger partial charge in [-0.05, 0) is 49.9 Å². The van der Waals surface area contributed by atoms with Gasteiger partial charge in [0, 0.05) is 48.4 Å². The van der Waals surface area contributed by atoms with Crippen LogP contribution in [0.2, 0.25) is 0 Å². The molecule has 0 spiro atoms. The summed E-state index contributed by atoms with van der Waals surface area (Å²) in [5.74, 6) is -0.0122. The molecule has 1 saturated carbocycles. The third-order valence-electron chi connectivity index (χ3n) is 5.60. The molecule has 2 N–H and O–H groups in total. The van der Waals surface area contributed by atoms with E-state index in [9.17, 15) is 4.79 Å². The van der Waals surface area contributed by atoms with Crippen LogP contribution in [-0.4, -0.2) is 43.2 Å². The number of fused-ring (bicyclic) bond motifs is 1. The summed E-state index contributed by atoms with van der Waals surface area (Å²) in [5, 5.41) is 7.67. The Morgan fingerprint density at radius 3 is 2.62 bits per heavy atom. The number of benzene rings is 1. The van der Waals surface area contributed by atoms with Gasteiger partial charge in [0.25, 0.3) is 5.91 Å². The minimum Gasteiger partial charge on any atom is -0.464 e. The lowest BCUT2D eigenvalue weighted by molar-refractivity contribution is 0.0923. The molecule has 0 aliphatic heterocycles. The van der Waals surface area contributed by atoms with Gasteiger partial charge in [0.1, 0.15) is 5.58 Å². The van der Waals surface area contributed by atoms with Crippen molar-refractivity contribution >= 4 is 16.9 Å². The first-order chi connectivity index (χ1) is 14.2. The number of nitrogens with zero attached hydrogens (tertiary/aromatic N) is 1. The highest BCUT2D eigenvalue weighted by molar-refractivity contribution is 5.96. The van der Waals surface area contributed by atoms with Crippen molar-refractivity contribution in [3.63, 3.8) is 0 Å². The fourth-order valence-electron chi connectivity index (χ4n) is 3.98. The molecule has 0 radical (unpaired) electrons. The number of hydrogen-bond donors (Lipinski definition) is 2. The van der Waals surface area contributed by atoms with Crippen LogP contribution in [0, 0.1) is 0 Å². The molecule has 2 aromatic heterocycles. The molecule has 29 heavy (non-hydrogen) atoms. The van der Waals surface area contributed by atoms with Gasteiger partial charge in [0.05, 0.1) is 18.6 Å². The Hall–Kier alpha value is -2.70.